The van der Waals surface area contributed by atoms with E-state index in [1.165, 1.54) is 30.8 Å². The number of carbonyl (C=O) groups excluding carboxylic acids is 1. The minimum atomic E-state index is -0.136. The molecule has 0 amide bonds. The Balaban J connectivity index is 2.58. The predicted octanol–water partition coefficient (Wildman–Crippen LogP) is 1.20. The summed E-state index contributed by atoms with van der Waals surface area (Å²) in [7, 11) is 0. The first kappa shape index (κ1) is 8.89. The van der Waals surface area contributed by atoms with Gasteiger partial charge in [0, 0.05) is 19.3 Å². The highest BCUT2D eigenvalue weighted by atomic mass is 32.1. The molecular weight excluding hydrogens is 200 g/mol. The molecule has 5 nitrogen and oxygen atoms in total. The van der Waals surface area contributed by atoms with Crippen LogP contribution in [0.15, 0.2) is 17.9 Å². The van der Waals surface area contributed by atoms with Crippen LogP contribution in [0.2, 0.25) is 0 Å². The Morgan fingerprint density at radius 1 is 1.29 bits per heavy atom. The first-order valence-corrected chi connectivity index (χ1v) is 4.71. The van der Waals surface area contributed by atoms with Gasteiger partial charge in [-0.1, -0.05) is 0 Å². The average Bonchev–Trinajstić information content (AvgIpc) is 2.70. The molecule has 6 heteroatoms. The highest BCUT2D eigenvalue weighted by Crippen LogP contribution is 2.15. The van der Waals surface area contributed by atoms with Crippen molar-refractivity contribution in [1.82, 2.24) is 19.3 Å². The van der Waals surface area contributed by atoms with E-state index in [1.54, 1.807) is 5.51 Å². The van der Waals surface area contributed by atoms with Gasteiger partial charge in [0.25, 0.3) is 0 Å². The third kappa shape index (κ3) is 1.51. The molecule has 2 aromatic rings. The van der Waals surface area contributed by atoms with Gasteiger partial charge >= 0.3 is 0 Å². The number of rotatable bonds is 2. The Morgan fingerprint density at radius 2 is 2.07 bits per heavy atom. The van der Waals surface area contributed by atoms with Gasteiger partial charge in [-0.15, -0.1) is 0 Å². The number of hydrogen-bond acceptors (Lipinski definition) is 6. The van der Waals surface area contributed by atoms with Crippen molar-refractivity contribution in [2.45, 2.75) is 6.92 Å². The van der Waals surface area contributed by atoms with Gasteiger partial charge in [-0.25, -0.2) is 15.0 Å². The molecule has 0 saturated heterocycles. The van der Waals surface area contributed by atoms with Gasteiger partial charge in [0.15, 0.2) is 11.6 Å². The summed E-state index contributed by atoms with van der Waals surface area (Å²) in [4.78, 5) is 23.2. The van der Waals surface area contributed by atoms with Crippen LogP contribution in [0, 0.1) is 0 Å². The van der Waals surface area contributed by atoms with Crippen LogP contribution in [-0.2, 0) is 0 Å². The molecule has 0 spiro atoms. The zero-order valence-electron chi connectivity index (χ0n) is 7.34. The second-order valence-electron chi connectivity index (χ2n) is 2.56. The van der Waals surface area contributed by atoms with Crippen molar-refractivity contribution in [2.24, 2.45) is 0 Å². The summed E-state index contributed by atoms with van der Waals surface area (Å²) in [6.45, 7) is 1.44. The second-order valence-corrected chi connectivity index (χ2v) is 3.17. The average molecular weight is 206 g/mol. The van der Waals surface area contributed by atoms with Gasteiger partial charge in [0.2, 0.25) is 0 Å². The summed E-state index contributed by atoms with van der Waals surface area (Å²) in [6, 6.07) is 0. The molecule has 0 fully saturated rings. The molecule has 0 N–H and O–H groups in total. The summed E-state index contributed by atoms with van der Waals surface area (Å²) in [5.74, 6) is 0.316. The molecule has 0 aliphatic rings. The van der Waals surface area contributed by atoms with Crippen molar-refractivity contribution in [2.75, 3.05) is 0 Å². The smallest absolute Gasteiger partial charge is 0.193 e. The number of nitrogens with zero attached hydrogens (tertiary/aromatic N) is 4. The molecule has 0 atom stereocenters. The third-order valence-corrected chi connectivity index (χ3v) is 2.08. The van der Waals surface area contributed by atoms with Gasteiger partial charge < -0.3 is 0 Å². The SMILES string of the molecule is CC(=O)c1nccnc1-c1ncsn1. The normalized spacial score (nSPS) is 10.1. The lowest BCUT2D eigenvalue weighted by molar-refractivity contribution is 0.101. The molecule has 0 aliphatic heterocycles. The zero-order valence-corrected chi connectivity index (χ0v) is 8.15. The fourth-order valence-corrected chi connectivity index (χ4v) is 1.46. The molecule has 0 saturated carbocycles. The second kappa shape index (κ2) is 3.59. The van der Waals surface area contributed by atoms with E-state index in [9.17, 15) is 4.79 Å². The Kier molecular flexibility index (Phi) is 2.28. The first-order chi connectivity index (χ1) is 6.79. The van der Waals surface area contributed by atoms with Crippen LogP contribution in [0.4, 0.5) is 0 Å². The summed E-state index contributed by atoms with van der Waals surface area (Å²) in [5.41, 5.74) is 2.35. The van der Waals surface area contributed by atoms with E-state index in [1.807, 2.05) is 0 Å². The van der Waals surface area contributed by atoms with Gasteiger partial charge in [-0.3, -0.25) is 4.79 Å². The number of Topliss-reactive ketones (excluding diaryl/α,β-unsaturated/α-hetero) is 1. The van der Waals surface area contributed by atoms with Crippen molar-refractivity contribution in [3.8, 4) is 11.5 Å². The van der Waals surface area contributed by atoms with E-state index >= 15 is 0 Å². The van der Waals surface area contributed by atoms with Crippen molar-refractivity contribution >= 4 is 17.3 Å². The number of aromatic nitrogens is 4. The maximum Gasteiger partial charge on any atom is 0.193 e. The Bertz CT molecular complexity index is 454. The quantitative estimate of drug-likeness (QED) is 0.690. The molecule has 0 aliphatic carbocycles. The molecule has 2 heterocycles. The number of hydrogen-bond donors (Lipinski definition) is 0. The summed E-state index contributed by atoms with van der Waals surface area (Å²) < 4.78 is 4.01. The molecule has 2 aromatic heterocycles. The fraction of sp³-hybridized carbons (Fsp3) is 0.125. The third-order valence-electron chi connectivity index (χ3n) is 1.60. The van der Waals surface area contributed by atoms with Gasteiger partial charge in [-0.2, -0.15) is 4.37 Å². The molecule has 0 aromatic carbocycles. The Morgan fingerprint density at radius 3 is 2.71 bits per heavy atom. The maximum absolute atomic E-state index is 11.2. The van der Waals surface area contributed by atoms with Crippen molar-refractivity contribution in [3.05, 3.63) is 23.6 Å². The molecule has 0 unspecified atom stereocenters. The van der Waals surface area contributed by atoms with Crippen LogP contribution in [0.1, 0.15) is 17.4 Å². The van der Waals surface area contributed by atoms with Crippen molar-refractivity contribution in [1.29, 1.82) is 0 Å². The molecule has 14 heavy (non-hydrogen) atoms. The van der Waals surface area contributed by atoms with Crippen LogP contribution in [0.25, 0.3) is 11.5 Å². The molecule has 0 bridgehead atoms. The van der Waals surface area contributed by atoms with Crippen molar-refractivity contribution in [3.63, 3.8) is 0 Å². The number of ketones is 1. The van der Waals surface area contributed by atoms with E-state index in [0.29, 0.717) is 17.2 Å². The van der Waals surface area contributed by atoms with Gasteiger partial charge in [0.05, 0.1) is 0 Å². The zero-order chi connectivity index (χ0) is 9.97. The maximum atomic E-state index is 11.2. The van der Waals surface area contributed by atoms with E-state index in [0.717, 1.165) is 0 Å². The van der Waals surface area contributed by atoms with Crippen LogP contribution in [0.3, 0.4) is 0 Å². The minimum Gasteiger partial charge on any atom is -0.293 e. The minimum absolute atomic E-state index is 0.136. The lowest BCUT2D eigenvalue weighted by Gasteiger charge is -1.98. The summed E-state index contributed by atoms with van der Waals surface area (Å²) in [5, 5.41) is 0. The van der Waals surface area contributed by atoms with E-state index in [4.69, 9.17) is 0 Å². The Hall–Kier alpha value is -1.69. The number of carbonyl (C=O) groups is 1. The fourth-order valence-electron chi connectivity index (χ4n) is 1.03. The topological polar surface area (TPSA) is 68.6 Å². The lowest BCUT2D eigenvalue weighted by Crippen LogP contribution is -2.02. The monoisotopic (exact) mass is 206 g/mol. The first-order valence-electron chi connectivity index (χ1n) is 3.87. The molecular formula is C8H6N4OS. The molecule has 0 radical (unpaired) electrons. The predicted molar refractivity (Wildman–Crippen MR) is 50.9 cm³/mol. The standard InChI is InChI=1S/C8H6N4OS/c1-5(13)6-7(10-3-2-9-6)8-11-4-14-12-8/h2-4H,1H3. The van der Waals surface area contributed by atoms with Gasteiger partial charge in [-0.05, 0) is 11.5 Å². The molecule has 70 valence electrons. The molecule has 2 rings (SSSR count). The summed E-state index contributed by atoms with van der Waals surface area (Å²) in [6.07, 6.45) is 3.00. The lowest BCUT2D eigenvalue weighted by atomic mass is 10.2. The van der Waals surface area contributed by atoms with E-state index in [2.05, 4.69) is 19.3 Å². The van der Waals surface area contributed by atoms with Crippen molar-refractivity contribution < 1.29 is 4.79 Å². The van der Waals surface area contributed by atoms with Crippen LogP contribution >= 0.6 is 11.5 Å². The van der Waals surface area contributed by atoms with E-state index < -0.39 is 0 Å². The van der Waals surface area contributed by atoms with Crippen LogP contribution < -0.4 is 0 Å². The summed E-state index contributed by atoms with van der Waals surface area (Å²) >= 11 is 1.21. The van der Waals surface area contributed by atoms with Crippen LogP contribution in [0.5, 0.6) is 0 Å². The largest absolute Gasteiger partial charge is 0.293 e. The van der Waals surface area contributed by atoms with Gasteiger partial charge in [0.1, 0.15) is 16.9 Å². The highest BCUT2D eigenvalue weighted by Gasteiger charge is 2.13. The highest BCUT2D eigenvalue weighted by molar-refractivity contribution is 7.03. The van der Waals surface area contributed by atoms with Crippen LogP contribution in [-0.4, -0.2) is 25.1 Å². The van der Waals surface area contributed by atoms with E-state index in [-0.39, 0.29) is 5.78 Å². The Labute approximate surface area is 84.0 Å².